The number of likely N-dealkylation sites (N-methyl/N-ethyl adjacent to an activating group) is 2. The minimum Gasteiger partial charge on any atom is -0.366 e. The van der Waals surface area contributed by atoms with E-state index in [2.05, 4.69) is 29.2 Å². The summed E-state index contributed by atoms with van der Waals surface area (Å²) in [5.41, 5.74) is -0.265. The van der Waals surface area contributed by atoms with Gasteiger partial charge in [-0.05, 0) is 34.9 Å². The van der Waals surface area contributed by atoms with Crippen molar-refractivity contribution < 1.29 is 9.53 Å². The van der Waals surface area contributed by atoms with Gasteiger partial charge in [0.25, 0.3) is 0 Å². The van der Waals surface area contributed by atoms with Crippen molar-refractivity contribution in [2.75, 3.05) is 46.9 Å². The maximum absolute atomic E-state index is 11.7. The fourth-order valence-electron chi connectivity index (χ4n) is 1.89. The molecule has 5 nitrogen and oxygen atoms in total. The molecule has 0 saturated carbocycles. The number of amides is 1. The summed E-state index contributed by atoms with van der Waals surface area (Å²) in [6.45, 7) is 9.81. The van der Waals surface area contributed by atoms with E-state index in [1.54, 1.807) is 0 Å². The Morgan fingerprint density at radius 2 is 2.00 bits per heavy atom. The second kappa shape index (κ2) is 6.50. The Hall–Kier alpha value is -0.650. The third-order valence-corrected chi connectivity index (χ3v) is 3.15. The summed E-state index contributed by atoms with van der Waals surface area (Å²) in [6, 6.07) is 0.391. The van der Waals surface area contributed by atoms with Gasteiger partial charge in [0.1, 0.15) is 6.61 Å². The van der Waals surface area contributed by atoms with E-state index in [1.807, 2.05) is 20.8 Å². The summed E-state index contributed by atoms with van der Waals surface area (Å²) < 4.78 is 5.44. The van der Waals surface area contributed by atoms with Gasteiger partial charge < -0.3 is 15.0 Å². The van der Waals surface area contributed by atoms with Gasteiger partial charge in [-0.15, -0.1) is 0 Å². The smallest absolute Gasteiger partial charge is 0.246 e. The monoisotopic (exact) mass is 257 g/mol. The lowest BCUT2D eigenvalue weighted by Gasteiger charge is -2.37. The van der Waals surface area contributed by atoms with Crippen LogP contribution in [0.2, 0.25) is 0 Å². The van der Waals surface area contributed by atoms with E-state index in [1.165, 1.54) is 0 Å². The maximum atomic E-state index is 11.7. The maximum Gasteiger partial charge on any atom is 0.246 e. The van der Waals surface area contributed by atoms with Crippen LogP contribution in [0.15, 0.2) is 0 Å². The van der Waals surface area contributed by atoms with Crippen molar-refractivity contribution in [3.8, 4) is 0 Å². The van der Waals surface area contributed by atoms with Gasteiger partial charge in [0, 0.05) is 32.2 Å². The van der Waals surface area contributed by atoms with E-state index in [-0.39, 0.29) is 18.1 Å². The molecule has 1 rings (SSSR count). The normalized spacial score (nSPS) is 23.1. The molecule has 1 aliphatic heterocycles. The zero-order valence-electron chi connectivity index (χ0n) is 12.3. The zero-order valence-corrected chi connectivity index (χ0v) is 12.3. The van der Waals surface area contributed by atoms with Crippen molar-refractivity contribution in [3.63, 3.8) is 0 Å². The molecule has 0 aromatic rings. The molecule has 1 heterocycles. The number of nitrogens with zero attached hydrogens (tertiary/aromatic N) is 2. The van der Waals surface area contributed by atoms with Crippen LogP contribution in [0.4, 0.5) is 0 Å². The van der Waals surface area contributed by atoms with Gasteiger partial charge in [0.05, 0.1) is 5.60 Å². The predicted molar refractivity (Wildman–Crippen MR) is 72.6 cm³/mol. The lowest BCUT2D eigenvalue weighted by Crippen LogP contribution is -2.54. The van der Waals surface area contributed by atoms with Gasteiger partial charge in [-0.1, -0.05) is 0 Å². The second-order valence-corrected chi connectivity index (χ2v) is 6.10. The molecule has 106 valence electrons. The minimum absolute atomic E-state index is 0.0356. The van der Waals surface area contributed by atoms with Crippen molar-refractivity contribution in [2.24, 2.45) is 0 Å². The summed E-state index contributed by atoms with van der Waals surface area (Å²) in [4.78, 5) is 16.2. The van der Waals surface area contributed by atoms with E-state index in [9.17, 15) is 4.79 Å². The Morgan fingerprint density at radius 3 is 2.61 bits per heavy atom. The molecule has 5 heteroatoms. The minimum atomic E-state index is -0.265. The molecule has 1 saturated heterocycles. The van der Waals surface area contributed by atoms with E-state index >= 15 is 0 Å². The summed E-state index contributed by atoms with van der Waals surface area (Å²) in [5.74, 6) is -0.0356. The highest BCUT2D eigenvalue weighted by Crippen LogP contribution is 2.06. The molecular weight excluding hydrogens is 230 g/mol. The van der Waals surface area contributed by atoms with Crippen LogP contribution < -0.4 is 5.32 Å². The van der Waals surface area contributed by atoms with Gasteiger partial charge in [0.2, 0.25) is 5.91 Å². The predicted octanol–water partition coefficient (Wildman–Crippen LogP) is 0.164. The molecule has 1 atom stereocenters. The summed E-state index contributed by atoms with van der Waals surface area (Å²) in [5, 5.41) is 2.94. The summed E-state index contributed by atoms with van der Waals surface area (Å²) in [6.07, 6.45) is 0. The van der Waals surface area contributed by atoms with E-state index in [4.69, 9.17) is 4.74 Å². The van der Waals surface area contributed by atoms with Crippen LogP contribution in [-0.2, 0) is 9.53 Å². The number of carbonyl (C=O) groups is 1. The number of piperazine rings is 1. The third kappa shape index (κ3) is 5.80. The fraction of sp³-hybridized carbons (Fsp3) is 0.923. The van der Waals surface area contributed by atoms with Gasteiger partial charge >= 0.3 is 0 Å². The largest absolute Gasteiger partial charge is 0.366 e. The quantitative estimate of drug-likeness (QED) is 0.779. The first-order valence-corrected chi connectivity index (χ1v) is 6.57. The Kier molecular flexibility index (Phi) is 5.56. The van der Waals surface area contributed by atoms with Crippen molar-refractivity contribution in [2.45, 2.75) is 32.4 Å². The van der Waals surface area contributed by atoms with Crippen molar-refractivity contribution in [3.05, 3.63) is 0 Å². The summed E-state index contributed by atoms with van der Waals surface area (Å²) >= 11 is 0. The van der Waals surface area contributed by atoms with Crippen LogP contribution in [0, 0.1) is 0 Å². The first kappa shape index (κ1) is 15.4. The number of nitrogens with one attached hydrogen (secondary N) is 1. The highest BCUT2D eigenvalue weighted by Gasteiger charge is 2.22. The molecule has 0 radical (unpaired) electrons. The van der Waals surface area contributed by atoms with E-state index < -0.39 is 0 Å². The van der Waals surface area contributed by atoms with Crippen molar-refractivity contribution >= 4 is 5.91 Å². The molecule has 1 N–H and O–H groups in total. The molecule has 1 amide bonds. The standard InChI is InChI=1S/C13H27N3O2/c1-13(2,3)18-10-12(17)14-8-11-9-15(4)6-7-16(11)5/h11H,6-10H2,1-5H3,(H,14,17). The number of hydrogen-bond donors (Lipinski definition) is 1. The molecule has 18 heavy (non-hydrogen) atoms. The van der Waals surface area contributed by atoms with Gasteiger partial charge in [-0.25, -0.2) is 0 Å². The Bertz CT molecular complexity index is 276. The number of carbonyl (C=O) groups excluding carboxylic acids is 1. The van der Waals surface area contributed by atoms with Crippen LogP contribution in [0.3, 0.4) is 0 Å². The molecule has 0 aliphatic carbocycles. The van der Waals surface area contributed by atoms with E-state index in [0.29, 0.717) is 12.6 Å². The SMILES string of the molecule is CN1CCN(C)C(CNC(=O)COC(C)(C)C)C1. The molecule has 1 fully saturated rings. The average molecular weight is 257 g/mol. The molecule has 0 aromatic heterocycles. The number of hydrogen-bond acceptors (Lipinski definition) is 4. The highest BCUT2D eigenvalue weighted by atomic mass is 16.5. The van der Waals surface area contributed by atoms with Gasteiger partial charge in [0.15, 0.2) is 0 Å². The highest BCUT2D eigenvalue weighted by molar-refractivity contribution is 5.77. The van der Waals surface area contributed by atoms with Gasteiger partial charge in [-0.2, -0.15) is 0 Å². The lowest BCUT2D eigenvalue weighted by molar-refractivity contribution is -0.130. The number of rotatable bonds is 4. The van der Waals surface area contributed by atoms with Crippen LogP contribution in [-0.4, -0.2) is 74.2 Å². The molecule has 1 aliphatic rings. The Morgan fingerprint density at radius 1 is 1.33 bits per heavy atom. The van der Waals surface area contributed by atoms with E-state index in [0.717, 1.165) is 19.6 Å². The molecule has 0 bridgehead atoms. The third-order valence-electron chi connectivity index (χ3n) is 3.15. The van der Waals surface area contributed by atoms with Crippen LogP contribution >= 0.6 is 0 Å². The first-order chi connectivity index (χ1) is 8.28. The van der Waals surface area contributed by atoms with Crippen LogP contribution in [0.25, 0.3) is 0 Å². The molecular formula is C13H27N3O2. The van der Waals surface area contributed by atoms with Crippen LogP contribution in [0.1, 0.15) is 20.8 Å². The molecule has 1 unspecified atom stereocenters. The van der Waals surface area contributed by atoms with Crippen LogP contribution in [0.5, 0.6) is 0 Å². The van der Waals surface area contributed by atoms with Gasteiger partial charge in [-0.3, -0.25) is 9.69 Å². The lowest BCUT2D eigenvalue weighted by atomic mass is 10.2. The molecule has 0 spiro atoms. The Balaban J connectivity index is 2.25. The fourth-order valence-corrected chi connectivity index (χ4v) is 1.89. The topological polar surface area (TPSA) is 44.8 Å². The van der Waals surface area contributed by atoms with Crippen molar-refractivity contribution in [1.82, 2.24) is 15.1 Å². The summed E-state index contributed by atoms with van der Waals surface area (Å²) in [7, 11) is 4.22. The first-order valence-electron chi connectivity index (χ1n) is 6.57. The van der Waals surface area contributed by atoms with Crippen molar-refractivity contribution in [1.29, 1.82) is 0 Å². The number of ether oxygens (including phenoxy) is 1. The Labute approximate surface area is 110 Å². The zero-order chi connectivity index (χ0) is 13.8. The average Bonchev–Trinajstić information content (AvgIpc) is 2.26. The molecule has 0 aromatic carbocycles. The second-order valence-electron chi connectivity index (χ2n) is 6.10.